The Labute approximate surface area is 201 Å². The third-order valence-corrected chi connectivity index (χ3v) is 7.13. The molecule has 35 heavy (non-hydrogen) atoms. The molecule has 17 heteroatoms. The lowest BCUT2D eigenvalue weighted by Gasteiger charge is -2.16. The Hall–Kier alpha value is -4.00. The molecule has 3 N–H and O–H groups in total. The normalized spacial score (nSPS) is 11.9. The number of benzene rings is 1. The zero-order valence-corrected chi connectivity index (χ0v) is 20.0. The van der Waals surface area contributed by atoms with Crippen molar-refractivity contribution in [2.24, 2.45) is 10.2 Å². The topological polar surface area (TPSA) is 197 Å². The van der Waals surface area contributed by atoms with Crippen LogP contribution in [0, 0.1) is 27.0 Å². The van der Waals surface area contributed by atoms with Gasteiger partial charge in [0.15, 0.2) is 5.00 Å². The van der Waals surface area contributed by atoms with Crippen LogP contribution in [0.15, 0.2) is 43.0 Å². The SMILES string of the molecule is [C-]#[N+]c1c(C)nsc1N=Nc1c(C)c([N+]#[C-])c(O)n(-c2cc(S(=O)(=O)O)ccc2S(=O)(=O)O)c1=O. The summed E-state index contributed by atoms with van der Waals surface area (Å²) in [7, 11) is -10.0. The number of aryl methyl sites for hydroxylation is 1. The van der Waals surface area contributed by atoms with Crippen LogP contribution in [0.2, 0.25) is 0 Å². The van der Waals surface area contributed by atoms with Crippen LogP contribution in [-0.4, -0.2) is 40.0 Å². The predicted octanol–water partition coefficient (Wildman–Crippen LogP) is 3.63. The zero-order chi connectivity index (χ0) is 26.3. The summed E-state index contributed by atoms with van der Waals surface area (Å²) in [6.45, 7) is 17.4. The maximum atomic E-state index is 13.3. The smallest absolute Gasteiger partial charge is 0.296 e. The van der Waals surface area contributed by atoms with E-state index in [0.717, 1.165) is 11.5 Å². The van der Waals surface area contributed by atoms with Crippen molar-refractivity contribution in [3.05, 3.63) is 62.6 Å². The van der Waals surface area contributed by atoms with Gasteiger partial charge < -0.3 is 5.11 Å². The van der Waals surface area contributed by atoms with Crippen molar-refractivity contribution in [3.8, 4) is 11.6 Å². The number of hydrogen-bond acceptors (Lipinski definition) is 10. The molecule has 0 saturated heterocycles. The summed E-state index contributed by atoms with van der Waals surface area (Å²) in [5.74, 6) is -1.09. The predicted molar refractivity (Wildman–Crippen MR) is 122 cm³/mol. The van der Waals surface area contributed by atoms with E-state index >= 15 is 0 Å². The highest BCUT2D eigenvalue weighted by atomic mass is 32.2. The van der Waals surface area contributed by atoms with Gasteiger partial charge in [-0.25, -0.2) is 14.1 Å². The monoisotopic (exact) mass is 536 g/mol. The molecule has 0 radical (unpaired) electrons. The number of azo groups is 1. The molecule has 0 saturated carbocycles. The van der Waals surface area contributed by atoms with Crippen molar-refractivity contribution in [2.75, 3.05) is 0 Å². The molecular weight excluding hydrogens is 524 g/mol. The first-order valence-electron chi connectivity index (χ1n) is 8.93. The maximum absolute atomic E-state index is 13.3. The molecule has 3 rings (SSSR count). The minimum atomic E-state index is -5.10. The second kappa shape index (κ2) is 8.98. The third kappa shape index (κ3) is 4.67. The van der Waals surface area contributed by atoms with Crippen LogP contribution in [0.3, 0.4) is 0 Å². The third-order valence-electron chi connectivity index (χ3n) is 4.57. The lowest BCUT2D eigenvalue weighted by Crippen LogP contribution is -2.21. The minimum Gasteiger partial charge on any atom is -0.502 e. The zero-order valence-electron chi connectivity index (χ0n) is 17.5. The Balaban J connectivity index is 2.45. The fourth-order valence-corrected chi connectivity index (χ4v) is 4.74. The van der Waals surface area contributed by atoms with Gasteiger partial charge in [-0.15, -0.1) is 10.2 Å². The summed E-state index contributed by atoms with van der Waals surface area (Å²) < 4.78 is 70.2. The van der Waals surface area contributed by atoms with Crippen molar-refractivity contribution in [1.29, 1.82) is 0 Å². The number of aromatic nitrogens is 2. The standard InChI is InChI=1S/C18H12N6O8S3/c1-8-13(19-3)17(25)24(11-7-10(34(27,28)29)5-6-12(11)35(30,31)32)18(26)14(8)21-22-16-15(20-4)9(2)23-33-16/h5-7,25H,1-2H3,(H,27,28,29)(H,30,31,32). The highest BCUT2D eigenvalue weighted by Gasteiger charge is 2.27. The fraction of sp³-hybridized carbons (Fsp3) is 0.111. The van der Waals surface area contributed by atoms with Gasteiger partial charge in [-0.2, -0.15) is 16.8 Å². The Morgan fingerprint density at radius 2 is 1.66 bits per heavy atom. The van der Waals surface area contributed by atoms with Gasteiger partial charge in [0.2, 0.25) is 11.6 Å². The van der Waals surface area contributed by atoms with Crippen LogP contribution in [0.1, 0.15) is 11.3 Å². The van der Waals surface area contributed by atoms with Crippen LogP contribution < -0.4 is 5.56 Å². The largest absolute Gasteiger partial charge is 0.502 e. The number of aromatic hydroxyl groups is 1. The highest BCUT2D eigenvalue weighted by Crippen LogP contribution is 2.40. The van der Waals surface area contributed by atoms with Crippen molar-refractivity contribution in [2.45, 2.75) is 23.6 Å². The molecule has 0 unspecified atom stereocenters. The molecule has 0 atom stereocenters. The molecule has 180 valence electrons. The van der Waals surface area contributed by atoms with Crippen LogP contribution in [0.25, 0.3) is 15.4 Å². The van der Waals surface area contributed by atoms with E-state index in [9.17, 15) is 35.8 Å². The van der Waals surface area contributed by atoms with Crippen LogP contribution in [0.5, 0.6) is 5.88 Å². The summed E-state index contributed by atoms with van der Waals surface area (Å²) >= 11 is 0.806. The molecule has 0 aliphatic heterocycles. The van der Waals surface area contributed by atoms with Gasteiger partial charge in [0.25, 0.3) is 31.5 Å². The average Bonchev–Trinajstić information content (AvgIpc) is 3.11. The molecule has 1 aromatic carbocycles. The molecule has 0 spiro atoms. The summed E-state index contributed by atoms with van der Waals surface area (Å²) in [4.78, 5) is 17.8. The molecule has 2 heterocycles. The molecule has 0 fully saturated rings. The van der Waals surface area contributed by atoms with Crippen LogP contribution in [0.4, 0.5) is 22.1 Å². The van der Waals surface area contributed by atoms with E-state index in [1.807, 2.05) is 0 Å². The Bertz CT molecular complexity index is 1770. The Morgan fingerprint density at radius 1 is 1.03 bits per heavy atom. The Kier molecular flexibility index (Phi) is 6.57. The molecular formula is C18H12N6O8S3. The number of rotatable bonds is 5. The van der Waals surface area contributed by atoms with E-state index in [1.165, 1.54) is 6.92 Å². The van der Waals surface area contributed by atoms with Crippen molar-refractivity contribution >= 4 is 53.8 Å². The lowest BCUT2D eigenvalue weighted by molar-refractivity contribution is 0.436. The number of hydrogen-bond donors (Lipinski definition) is 3. The van der Waals surface area contributed by atoms with Gasteiger partial charge in [0, 0.05) is 0 Å². The minimum absolute atomic E-state index is 0.0345. The molecule has 2 aromatic heterocycles. The fourth-order valence-electron chi connectivity index (χ4n) is 2.92. The summed E-state index contributed by atoms with van der Waals surface area (Å²) in [6.07, 6.45) is 0. The van der Waals surface area contributed by atoms with Crippen LogP contribution >= 0.6 is 11.5 Å². The molecule has 14 nitrogen and oxygen atoms in total. The average molecular weight is 537 g/mol. The maximum Gasteiger partial charge on any atom is 0.296 e. The quantitative estimate of drug-likeness (QED) is 0.247. The van der Waals surface area contributed by atoms with Crippen LogP contribution in [-0.2, 0) is 20.2 Å². The second-order valence-corrected chi connectivity index (χ2v) is 10.3. The summed E-state index contributed by atoms with van der Waals surface area (Å²) in [5, 5.41) is 18.3. The first-order valence-corrected chi connectivity index (χ1v) is 12.6. The summed E-state index contributed by atoms with van der Waals surface area (Å²) in [5.41, 5.74) is -3.00. The molecule has 0 amide bonds. The van der Waals surface area contributed by atoms with Crippen molar-refractivity contribution in [1.82, 2.24) is 8.94 Å². The number of nitrogens with zero attached hydrogens (tertiary/aromatic N) is 6. The molecule has 3 aromatic rings. The van der Waals surface area contributed by atoms with E-state index in [2.05, 4.69) is 24.3 Å². The molecule has 0 aliphatic rings. The second-order valence-electron chi connectivity index (χ2n) is 6.71. The first kappa shape index (κ1) is 25.6. The van der Waals surface area contributed by atoms with E-state index in [0.29, 0.717) is 23.9 Å². The van der Waals surface area contributed by atoms with Crippen molar-refractivity contribution in [3.63, 3.8) is 0 Å². The van der Waals surface area contributed by atoms with E-state index < -0.39 is 58.5 Å². The van der Waals surface area contributed by atoms with E-state index in [-0.39, 0.29) is 20.8 Å². The van der Waals surface area contributed by atoms with E-state index in [1.54, 1.807) is 6.92 Å². The van der Waals surface area contributed by atoms with Gasteiger partial charge in [0.05, 0.1) is 29.4 Å². The highest BCUT2D eigenvalue weighted by molar-refractivity contribution is 7.86. The first-order chi connectivity index (χ1) is 16.2. The molecule has 0 aliphatic carbocycles. The van der Waals surface area contributed by atoms with Gasteiger partial charge in [-0.05, 0) is 49.1 Å². The number of pyridine rings is 1. The van der Waals surface area contributed by atoms with Crippen molar-refractivity contribution < 1.29 is 31.0 Å². The Morgan fingerprint density at radius 3 is 2.20 bits per heavy atom. The van der Waals surface area contributed by atoms with E-state index in [4.69, 9.17) is 13.1 Å². The van der Waals surface area contributed by atoms with Gasteiger partial charge in [-0.3, -0.25) is 18.5 Å². The van der Waals surface area contributed by atoms with Gasteiger partial charge >= 0.3 is 0 Å². The lowest BCUT2D eigenvalue weighted by atomic mass is 10.2. The summed E-state index contributed by atoms with van der Waals surface area (Å²) in [6, 6.07) is 1.74. The van der Waals surface area contributed by atoms with Gasteiger partial charge in [-0.1, -0.05) is 0 Å². The molecule has 0 bridgehead atoms. The van der Waals surface area contributed by atoms with Gasteiger partial charge in [0.1, 0.15) is 10.6 Å².